The fraction of sp³-hybridized carbons (Fsp3) is 0.450. The molecule has 2 aromatic rings. The molecular weight excluding hydrogens is 349 g/mol. The standard InChI is InChI=1S/C20H24FN3OS/c1-3-9-24-17-7-4-13-11-15(21)5-6-16(13)18(17)26-20(24)22-19(25)14-8-10-23(2)12-14/h4-7,11,14,20H,3,8-10,12H2,1-2H3,(H,22,25). The van der Waals surface area contributed by atoms with Crippen LogP contribution in [0, 0.1) is 11.7 Å². The summed E-state index contributed by atoms with van der Waals surface area (Å²) in [4.78, 5) is 18.3. The highest BCUT2D eigenvalue weighted by Gasteiger charge is 2.34. The Hall–Kier alpha value is -1.79. The molecule has 2 atom stereocenters. The Morgan fingerprint density at radius 1 is 1.35 bits per heavy atom. The summed E-state index contributed by atoms with van der Waals surface area (Å²) in [5.41, 5.74) is 1.03. The van der Waals surface area contributed by atoms with Crippen LogP contribution < -0.4 is 10.2 Å². The molecule has 6 heteroatoms. The number of hydrogen-bond donors (Lipinski definition) is 1. The fourth-order valence-corrected chi connectivity index (χ4v) is 5.25. The number of halogens is 1. The van der Waals surface area contributed by atoms with Crippen LogP contribution in [0.2, 0.25) is 0 Å². The quantitative estimate of drug-likeness (QED) is 0.887. The zero-order chi connectivity index (χ0) is 18.3. The molecular formula is C20H24FN3OS. The molecule has 4 rings (SSSR count). The Morgan fingerprint density at radius 2 is 2.19 bits per heavy atom. The lowest BCUT2D eigenvalue weighted by atomic mass is 10.1. The Kier molecular flexibility index (Phi) is 4.80. The van der Waals surface area contributed by atoms with Crippen molar-refractivity contribution in [3.05, 3.63) is 36.1 Å². The van der Waals surface area contributed by atoms with E-state index >= 15 is 0 Å². The lowest BCUT2D eigenvalue weighted by molar-refractivity contribution is -0.124. The van der Waals surface area contributed by atoms with Crippen LogP contribution in [0.15, 0.2) is 35.2 Å². The summed E-state index contributed by atoms with van der Waals surface area (Å²) >= 11 is 1.67. The van der Waals surface area contributed by atoms with Gasteiger partial charge < -0.3 is 15.1 Å². The number of carbonyl (C=O) groups is 1. The van der Waals surface area contributed by atoms with Gasteiger partial charge in [0.05, 0.1) is 11.6 Å². The molecule has 0 radical (unpaired) electrons. The van der Waals surface area contributed by atoms with E-state index in [1.54, 1.807) is 17.8 Å². The van der Waals surface area contributed by atoms with Gasteiger partial charge in [-0.2, -0.15) is 0 Å². The van der Waals surface area contributed by atoms with Crippen LogP contribution in [0.4, 0.5) is 10.1 Å². The number of fused-ring (bicyclic) bond motifs is 3. The SMILES string of the molecule is CCCN1c2ccc3cc(F)ccc3c2SC1NC(=O)C1CCN(C)C1. The number of nitrogens with zero attached hydrogens (tertiary/aromatic N) is 2. The van der Waals surface area contributed by atoms with Gasteiger partial charge in [-0.25, -0.2) is 4.39 Å². The van der Waals surface area contributed by atoms with Crippen molar-refractivity contribution in [1.82, 2.24) is 10.2 Å². The maximum atomic E-state index is 13.6. The number of thioether (sulfide) groups is 1. The Balaban J connectivity index is 1.61. The second-order valence-corrected chi connectivity index (χ2v) is 8.29. The van der Waals surface area contributed by atoms with Gasteiger partial charge in [-0.1, -0.05) is 30.8 Å². The first-order chi connectivity index (χ1) is 12.6. The van der Waals surface area contributed by atoms with Crippen LogP contribution in [-0.2, 0) is 4.79 Å². The molecule has 4 nitrogen and oxygen atoms in total. The Morgan fingerprint density at radius 3 is 2.92 bits per heavy atom. The highest BCUT2D eigenvalue weighted by molar-refractivity contribution is 8.00. The molecule has 2 unspecified atom stereocenters. The first kappa shape index (κ1) is 17.6. The number of nitrogens with one attached hydrogen (secondary N) is 1. The third-order valence-electron chi connectivity index (χ3n) is 5.23. The summed E-state index contributed by atoms with van der Waals surface area (Å²) in [6, 6.07) is 8.94. The molecule has 0 bridgehead atoms. The zero-order valence-electron chi connectivity index (χ0n) is 15.2. The van der Waals surface area contributed by atoms with Crippen molar-refractivity contribution >= 4 is 34.1 Å². The van der Waals surface area contributed by atoms with E-state index in [2.05, 4.69) is 35.2 Å². The van der Waals surface area contributed by atoms with Crippen molar-refractivity contribution in [3.63, 3.8) is 0 Å². The Bertz CT molecular complexity index is 843. The van der Waals surface area contributed by atoms with E-state index in [0.29, 0.717) is 0 Å². The van der Waals surface area contributed by atoms with E-state index in [1.165, 1.54) is 6.07 Å². The lowest BCUT2D eigenvalue weighted by Gasteiger charge is -2.27. The number of hydrogen-bond acceptors (Lipinski definition) is 4. The minimum absolute atomic E-state index is 0.0682. The average molecular weight is 373 g/mol. The third kappa shape index (κ3) is 3.16. The zero-order valence-corrected chi connectivity index (χ0v) is 16.0. The van der Waals surface area contributed by atoms with Crippen LogP contribution in [0.1, 0.15) is 19.8 Å². The molecule has 2 aromatic carbocycles. The highest BCUT2D eigenvalue weighted by atomic mass is 32.2. The van der Waals surface area contributed by atoms with Gasteiger partial charge in [0.25, 0.3) is 0 Å². The van der Waals surface area contributed by atoms with Crippen molar-refractivity contribution in [3.8, 4) is 0 Å². The van der Waals surface area contributed by atoms with E-state index in [0.717, 1.165) is 53.8 Å². The number of anilines is 1. The predicted molar refractivity (Wildman–Crippen MR) is 105 cm³/mol. The molecule has 0 saturated carbocycles. The first-order valence-electron chi connectivity index (χ1n) is 9.21. The van der Waals surface area contributed by atoms with E-state index in [1.807, 2.05) is 12.1 Å². The number of rotatable bonds is 4. The second-order valence-electron chi connectivity index (χ2n) is 7.20. The number of amides is 1. The molecule has 1 saturated heterocycles. The van der Waals surface area contributed by atoms with E-state index < -0.39 is 0 Å². The Labute approximate surface area is 157 Å². The summed E-state index contributed by atoms with van der Waals surface area (Å²) in [6.07, 6.45) is 1.92. The molecule has 2 aliphatic heterocycles. The third-order valence-corrected chi connectivity index (χ3v) is 6.49. The summed E-state index contributed by atoms with van der Waals surface area (Å²) in [6.45, 7) is 4.82. The van der Waals surface area contributed by atoms with Crippen LogP contribution in [0.25, 0.3) is 10.8 Å². The predicted octanol–water partition coefficient (Wildman–Crippen LogP) is 3.65. The van der Waals surface area contributed by atoms with Crippen LogP contribution in [0.3, 0.4) is 0 Å². The summed E-state index contributed by atoms with van der Waals surface area (Å²) < 4.78 is 13.6. The van der Waals surface area contributed by atoms with Crippen molar-refractivity contribution < 1.29 is 9.18 Å². The van der Waals surface area contributed by atoms with E-state index in [9.17, 15) is 9.18 Å². The van der Waals surface area contributed by atoms with Gasteiger partial charge in [-0.3, -0.25) is 4.79 Å². The van der Waals surface area contributed by atoms with Crippen molar-refractivity contribution in [2.24, 2.45) is 5.92 Å². The maximum absolute atomic E-state index is 13.6. The molecule has 1 fully saturated rings. The van der Waals surface area contributed by atoms with E-state index in [-0.39, 0.29) is 23.1 Å². The summed E-state index contributed by atoms with van der Waals surface area (Å²) in [5, 5.41) is 5.20. The molecule has 2 heterocycles. The van der Waals surface area contributed by atoms with Gasteiger partial charge >= 0.3 is 0 Å². The molecule has 0 spiro atoms. The van der Waals surface area contributed by atoms with Gasteiger partial charge in [0.1, 0.15) is 5.82 Å². The topological polar surface area (TPSA) is 35.6 Å². The summed E-state index contributed by atoms with van der Waals surface area (Å²) in [5.74, 6) is -0.0178. The molecule has 26 heavy (non-hydrogen) atoms. The first-order valence-corrected chi connectivity index (χ1v) is 10.1. The van der Waals surface area contributed by atoms with E-state index in [4.69, 9.17) is 0 Å². The summed E-state index contributed by atoms with van der Waals surface area (Å²) in [7, 11) is 2.06. The minimum Gasteiger partial charge on any atom is -0.342 e. The average Bonchev–Trinajstić information content (AvgIpc) is 3.19. The van der Waals surface area contributed by atoms with Gasteiger partial charge in [0.2, 0.25) is 5.91 Å². The van der Waals surface area contributed by atoms with Gasteiger partial charge in [0.15, 0.2) is 5.50 Å². The molecule has 0 aromatic heterocycles. The van der Waals surface area contributed by atoms with Gasteiger partial charge in [-0.15, -0.1) is 0 Å². The lowest BCUT2D eigenvalue weighted by Crippen LogP contribution is -2.46. The number of likely N-dealkylation sites (tertiary alicyclic amines) is 1. The molecule has 138 valence electrons. The fourth-order valence-electron chi connectivity index (χ4n) is 3.89. The molecule has 1 N–H and O–H groups in total. The maximum Gasteiger partial charge on any atom is 0.226 e. The largest absolute Gasteiger partial charge is 0.342 e. The van der Waals surface area contributed by atoms with Crippen molar-refractivity contribution in [1.29, 1.82) is 0 Å². The molecule has 0 aliphatic carbocycles. The normalized spacial score (nSPS) is 22.8. The van der Waals surface area contributed by atoms with Crippen LogP contribution in [0.5, 0.6) is 0 Å². The molecule has 1 amide bonds. The van der Waals surface area contributed by atoms with Gasteiger partial charge in [-0.05, 0) is 55.4 Å². The van der Waals surface area contributed by atoms with Crippen molar-refractivity contribution in [2.75, 3.05) is 31.6 Å². The highest BCUT2D eigenvalue weighted by Crippen LogP contribution is 2.46. The number of benzene rings is 2. The van der Waals surface area contributed by atoms with Gasteiger partial charge in [0, 0.05) is 18.0 Å². The molecule has 2 aliphatic rings. The minimum atomic E-state index is -0.221. The van der Waals surface area contributed by atoms with Crippen LogP contribution in [-0.4, -0.2) is 43.0 Å². The second kappa shape index (κ2) is 7.08. The monoisotopic (exact) mass is 373 g/mol. The van der Waals surface area contributed by atoms with Crippen molar-refractivity contribution in [2.45, 2.75) is 30.2 Å². The smallest absolute Gasteiger partial charge is 0.226 e. The number of carbonyl (C=O) groups excluding carboxylic acids is 1. The van der Waals surface area contributed by atoms with Crippen LogP contribution >= 0.6 is 11.8 Å².